The molecule has 6 heteroatoms. The van der Waals surface area contributed by atoms with Crippen molar-refractivity contribution in [1.82, 2.24) is 5.32 Å². The molecule has 0 spiro atoms. The highest BCUT2D eigenvalue weighted by Crippen LogP contribution is 2.30. The number of carbonyl (C=O) groups is 2. The van der Waals surface area contributed by atoms with Gasteiger partial charge in [0.2, 0.25) is 0 Å². The van der Waals surface area contributed by atoms with Crippen molar-refractivity contribution in [3.05, 3.63) is 0 Å². The molecule has 2 N–H and O–H groups in total. The first-order valence-corrected chi connectivity index (χ1v) is 4.71. The number of rotatable bonds is 2. The molecule has 74 valence electrons. The monoisotopic (exact) mass is 205 g/mol. The maximum Gasteiger partial charge on any atom is 0.336 e. The van der Waals surface area contributed by atoms with Crippen molar-refractivity contribution in [2.24, 2.45) is 0 Å². The van der Waals surface area contributed by atoms with Crippen molar-refractivity contribution in [3.8, 4) is 0 Å². The largest absolute Gasteiger partial charge is 0.480 e. The summed E-state index contributed by atoms with van der Waals surface area (Å²) < 4.78 is 4.55. The molecule has 1 fully saturated rings. The summed E-state index contributed by atoms with van der Waals surface area (Å²) in [6.07, 6.45) is 0. The van der Waals surface area contributed by atoms with Crippen LogP contribution < -0.4 is 5.32 Å². The molecule has 5 nitrogen and oxygen atoms in total. The van der Waals surface area contributed by atoms with Crippen LogP contribution in [-0.4, -0.2) is 40.8 Å². The topological polar surface area (TPSA) is 75.6 Å². The van der Waals surface area contributed by atoms with Crippen molar-refractivity contribution in [2.45, 2.75) is 17.8 Å². The van der Waals surface area contributed by atoms with Crippen LogP contribution in [0.25, 0.3) is 0 Å². The molecule has 0 unspecified atom stereocenters. The third-order valence-electron chi connectivity index (χ3n) is 1.86. The lowest BCUT2D eigenvalue weighted by atomic mass is 10.2. The summed E-state index contributed by atoms with van der Waals surface area (Å²) in [5.74, 6) is -1.01. The summed E-state index contributed by atoms with van der Waals surface area (Å²) in [6, 6.07) is -0.672. The number of methoxy groups -OCH3 is 1. The molecule has 1 aliphatic rings. The summed E-state index contributed by atoms with van der Waals surface area (Å²) in [7, 11) is 1.28. The summed E-state index contributed by atoms with van der Waals surface area (Å²) in [6.45, 7) is 1.62. The van der Waals surface area contributed by atoms with Gasteiger partial charge in [0, 0.05) is 5.75 Å². The van der Waals surface area contributed by atoms with Gasteiger partial charge in [-0.25, -0.2) is 4.79 Å². The Kier molecular flexibility index (Phi) is 2.82. The average Bonchev–Trinajstić information content (AvgIpc) is 2.48. The quantitative estimate of drug-likeness (QED) is 0.601. The SMILES string of the molecule is COC(=O)[C@]1(C)N[C@H](C(=O)O)CS1. The van der Waals surface area contributed by atoms with Crippen LogP contribution in [-0.2, 0) is 14.3 Å². The summed E-state index contributed by atoms with van der Waals surface area (Å²) in [4.78, 5) is 20.9. The van der Waals surface area contributed by atoms with Gasteiger partial charge in [-0.3, -0.25) is 10.1 Å². The lowest BCUT2D eigenvalue weighted by Crippen LogP contribution is -2.48. The maximum absolute atomic E-state index is 11.2. The number of thioether (sulfide) groups is 1. The highest BCUT2D eigenvalue weighted by Gasteiger charge is 2.44. The minimum atomic E-state index is -0.944. The minimum Gasteiger partial charge on any atom is -0.480 e. The van der Waals surface area contributed by atoms with Crippen LogP contribution in [0.4, 0.5) is 0 Å². The van der Waals surface area contributed by atoms with Gasteiger partial charge in [0.25, 0.3) is 0 Å². The van der Waals surface area contributed by atoms with Crippen LogP contribution in [0.2, 0.25) is 0 Å². The standard InChI is InChI=1S/C7H11NO4S/c1-7(6(11)12-2)8-4(3-13-7)5(9)10/h4,8H,3H2,1-2H3,(H,9,10)/t4-,7+/m0/s1. The van der Waals surface area contributed by atoms with E-state index >= 15 is 0 Å². The molecule has 2 atom stereocenters. The zero-order valence-corrected chi connectivity index (χ0v) is 8.18. The molecule has 0 aromatic heterocycles. The number of hydrogen-bond acceptors (Lipinski definition) is 5. The van der Waals surface area contributed by atoms with E-state index in [1.54, 1.807) is 6.92 Å². The van der Waals surface area contributed by atoms with Gasteiger partial charge >= 0.3 is 11.9 Å². The first-order valence-electron chi connectivity index (χ1n) is 3.72. The smallest absolute Gasteiger partial charge is 0.336 e. The Bertz CT molecular complexity index is 245. The van der Waals surface area contributed by atoms with Gasteiger partial charge in [0.15, 0.2) is 4.87 Å². The van der Waals surface area contributed by atoms with E-state index in [-0.39, 0.29) is 0 Å². The molecule has 1 rings (SSSR count). The fourth-order valence-corrected chi connectivity index (χ4v) is 2.26. The number of carboxylic acids is 1. The zero-order chi connectivity index (χ0) is 10.1. The van der Waals surface area contributed by atoms with Gasteiger partial charge in [-0.15, -0.1) is 11.8 Å². The van der Waals surface area contributed by atoms with Crippen LogP contribution in [0.3, 0.4) is 0 Å². The molecule has 0 radical (unpaired) electrons. The van der Waals surface area contributed by atoms with Crippen LogP contribution in [0.1, 0.15) is 6.92 Å². The van der Waals surface area contributed by atoms with Crippen molar-refractivity contribution in [2.75, 3.05) is 12.9 Å². The van der Waals surface area contributed by atoms with Crippen LogP contribution in [0.5, 0.6) is 0 Å². The van der Waals surface area contributed by atoms with Crippen molar-refractivity contribution in [3.63, 3.8) is 0 Å². The summed E-state index contributed by atoms with van der Waals surface area (Å²) in [5, 5.41) is 11.4. The average molecular weight is 205 g/mol. The molecule has 0 aromatic rings. The normalized spacial score (nSPS) is 32.9. The summed E-state index contributed by atoms with van der Waals surface area (Å²) in [5.41, 5.74) is 0. The molecule has 1 saturated heterocycles. The van der Waals surface area contributed by atoms with Crippen LogP contribution in [0, 0.1) is 0 Å². The Morgan fingerprint density at radius 1 is 1.69 bits per heavy atom. The number of hydrogen-bond donors (Lipinski definition) is 2. The van der Waals surface area contributed by atoms with E-state index in [4.69, 9.17) is 5.11 Å². The Morgan fingerprint density at radius 3 is 2.69 bits per heavy atom. The van der Waals surface area contributed by atoms with Crippen molar-refractivity contribution >= 4 is 23.7 Å². The second-order valence-corrected chi connectivity index (χ2v) is 4.31. The molecule has 0 amide bonds. The Labute approximate surface area is 79.8 Å². The molecule has 13 heavy (non-hydrogen) atoms. The summed E-state index contributed by atoms with van der Waals surface area (Å²) >= 11 is 1.25. The molecule has 0 aromatic carbocycles. The first-order chi connectivity index (χ1) is 5.99. The number of carbonyl (C=O) groups excluding carboxylic acids is 1. The minimum absolute atomic E-state index is 0.376. The first kappa shape index (κ1) is 10.3. The molecule has 1 aliphatic heterocycles. The highest BCUT2D eigenvalue weighted by molar-refractivity contribution is 8.01. The fourth-order valence-electron chi connectivity index (χ4n) is 1.11. The van der Waals surface area contributed by atoms with Gasteiger partial charge in [-0.05, 0) is 6.92 Å². The van der Waals surface area contributed by atoms with Gasteiger partial charge in [0.1, 0.15) is 6.04 Å². The molecule has 0 aliphatic carbocycles. The van der Waals surface area contributed by atoms with Crippen LogP contribution in [0.15, 0.2) is 0 Å². The number of esters is 1. The van der Waals surface area contributed by atoms with Crippen LogP contribution >= 0.6 is 11.8 Å². The van der Waals surface area contributed by atoms with E-state index in [0.717, 1.165) is 0 Å². The highest BCUT2D eigenvalue weighted by atomic mass is 32.2. The lowest BCUT2D eigenvalue weighted by Gasteiger charge is -2.20. The molecular weight excluding hydrogens is 194 g/mol. The second-order valence-electron chi connectivity index (χ2n) is 2.87. The Balaban J connectivity index is 2.66. The number of aliphatic carboxylic acids is 1. The number of nitrogens with one attached hydrogen (secondary N) is 1. The molecule has 1 heterocycles. The van der Waals surface area contributed by atoms with Gasteiger partial charge < -0.3 is 9.84 Å². The Morgan fingerprint density at radius 2 is 2.31 bits per heavy atom. The Hall–Kier alpha value is -0.750. The van der Waals surface area contributed by atoms with Crippen molar-refractivity contribution in [1.29, 1.82) is 0 Å². The van der Waals surface area contributed by atoms with E-state index < -0.39 is 22.9 Å². The van der Waals surface area contributed by atoms with Crippen molar-refractivity contribution < 1.29 is 19.4 Å². The maximum atomic E-state index is 11.2. The van der Waals surface area contributed by atoms with Gasteiger partial charge in [-0.2, -0.15) is 0 Å². The van der Waals surface area contributed by atoms with E-state index in [1.165, 1.54) is 18.9 Å². The predicted molar refractivity (Wildman–Crippen MR) is 47.4 cm³/mol. The molecule has 0 bridgehead atoms. The fraction of sp³-hybridized carbons (Fsp3) is 0.714. The van der Waals surface area contributed by atoms with Gasteiger partial charge in [0.05, 0.1) is 7.11 Å². The van der Waals surface area contributed by atoms with E-state index in [0.29, 0.717) is 5.75 Å². The van der Waals surface area contributed by atoms with Gasteiger partial charge in [-0.1, -0.05) is 0 Å². The second kappa shape index (κ2) is 3.55. The molecular formula is C7H11NO4S. The van der Waals surface area contributed by atoms with E-state index in [9.17, 15) is 9.59 Å². The lowest BCUT2D eigenvalue weighted by molar-refractivity contribution is -0.145. The molecule has 0 saturated carbocycles. The van der Waals surface area contributed by atoms with E-state index in [2.05, 4.69) is 10.1 Å². The zero-order valence-electron chi connectivity index (χ0n) is 7.36. The number of carboxylic acid groups (broad SMARTS) is 1. The number of ether oxygens (including phenoxy) is 1. The van der Waals surface area contributed by atoms with E-state index in [1.807, 2.05) is 0 Å². The predicted octanol–water partition coefficient (Wildman–Crippen LogP) is -0.335. The third-order valence-corrected chi connectivity index (χ3v) is 3.22. The third kappa shape index (κ3) is 1.94.